The first-order valence-electron chi connectivity index (χ1n) is 5.71. The number of carboxylic acids is 1. The molecule has 0 unspecified atom stereocenters. The van der Waals surface area contributed by atoms with Crippen molar-refractivity contribution in [3.05, 3.63) is 52.4 Å². The molecule has 0 radical (unpaired) electrons. The SMILES string of the molecule is O=C(O)C1=c2cccc3c2=C(C=CC=C3)CC1. The van der Waals surface area contributed by atoms with Crippen LogP contribution in [0.5, 0.6) is 0 Å². The topological polar surface area (TPSA) is 37.3 Å². The smallest absolute Gasteiger partial charge is 0.332 e. The highest BCUT2D eigenvalue weighted by Gasteiger charge is 2.16. The zero-order valence-electron chi connectivity index (χ0n) is 9.31. The molecule has 0 bridgehead atoms. The van der Waals surface area contributed by atoms with Crippen LogP contribution < -0.4 is 10.4 Å². The second kappa shape index (κ2) is 3.74. The summed E-state index contributed by atoms with van der Waals surface area (Å²) < 4.78 is 0. The summed E-state index contributed by atoms with van der Waals surface area (Å²) in [5.74, 6) is -0.797. The van der Waals surface area contributed by atoms with Crippen molar-refractivity contribution in [1.29, 1.82) is 0 Å². The summed E-state index contributed by atoms with van der Waals surface area (Å²) in [5, 5.41) is 11.2. The molecule has 0 heterocycles. The fraction of sp³-hybridized carbons (Fsp3) is 0.133. The van der Waals surface area contributed by atoms with Gasteiger partial charge in [0.2, 0.25) is 0 Å². The summed E-state index contributed by atoms with van der Waals surface area (Å²) >= 11 is 0. The number of carboxylic acid groups (broad SMARTS) is 1. The maximum Gasteiger partial charge on any atom is 0.332 e. The highest BCUT2D eigenvalue weighted by atomic mass is 16.4. The van der Waals surface area contributed by atoms with Crippen LogP contribution in [0.2, 0.25) is 0 Å². The van der Waals surface area contributed by atoms with E-state index >= 15 is 0 Å². The van der Waals surface area contributed by atoms with Gasteiger partial charge in [-0.05, 0) is 34.4 Å². The Balaban J connectivity index is 2.54. The summed E-state index contributed by atoms with van der Waals surface area (Å²) in [6.45, 7) is 0. The quantitative estimate of drug-likeness (QED) is 0.784. The van der Waals surface area contributed by atoms with E-state index in [2.05, 4.69) is 6.08 Å². The van der Waals surface area contributed by atoms with Crippen LogP contribution in [-0.4, -0.2) is 11.1 Å². The normalized spacial score (nSPS) is 16.7. The summed E-state index contributed by atoms with van der Waals surface area (Å²) in [6.07, 6.45) is 9.57. The number of hydrogen-bond acceptors (Lipinski definition) is 1. The molecule has 2 aliphatic rings. The molecule has 0 spiro atoms. The molecule has 17 heavy (non-hydrogen) atoms. The lowest BCUT2D eigenvalue weighted by molar-refractivity contribution is -0.130. The Morgan fingerprint density at radius 1 is 1.12 bits per heavy atom. The molecule has 2 heteroatoms. The first-order chi connectivity index (χ1) is 8.27. The van der Waals surface area contributed by atoms with Gasteiger partial charge in [-0.2, -0.15) is 0 Å². The number of hydrogen-bond donors (Lipinski definition) is 1. The van der Waals surface area contributed by atoms with Crippen molar-refractivity contribution in [1.82, 2.24) is 0 Å². The summed E-state index contributed by atoms with van der Waals surface area (Å²) in [6, 6.07) is 5.87. The first kappa shape index (κ1) is 10.1. The van der Waals surface area contributed by atoms with Crippen LogP contribution in [0.1, 0.15) is 18.4 Å². The molecule has 0 saturated heterocycles. The fourth-order valence-corrected chi connectivity index (χ4v) is 2.56. The predicted octanol–water partition coefficient (Wildman–Crippen LogP) is 1.45. The molecule has 1 aromatic carbocycles. The molecule has 0 fully saturated rings. The summed E-state index contributed by atoms with van der Waals surface area (Å²) in [7, 11) is 0. The molecule has 3 rings (SSSR count). The minimum Gasteiger partial charge on any atom is -0.478 e. The second-order valence-electron chi connectivity index (χ2n) is 4.30. The fourth-order valence-electron chi connectivity index (χ4n) is 2.56. The predicted molar refractivity (Wildman–Crippen MR) is 67.6 cm³/mol. The van der Waals surface area contributed by atoms with E-state index in [1.54, 1.807) is 0 Å². The molecular formula is C15H12O2. The molecule has 0 saturated carbocycles. The Bertz CT molecular complexity index is 675. The first-order valence-corrected chi connectivity index (χ1v) is 5.71. The highest BCUT2D eigenvalue weighted by Crippen LogP contribution is 2.18. The molecule has 0 amide bonds. The van der Waals surface area contributed by atoms with Crippen molar-refractivity contribution in [2.24, 2.45) is 0 Å². The van der Waals surface area contributed by atoms with E-state index in [1.807, 2.05) is 36.4 Å². The van der Waals surface area contributed by atoms with Crippen LogP contribution >= 0.6 is 0 Å². The van der Waals surface area contributed by atoms with Gasteiger partial charge in [-0.25, -0.2) is 4.79 Å². The van der Waals surface area contributed by atoms with E-state index in [0.29, 0.717) is 12.0 Å². The molecule has 1 aromatic rings. The van der Waals surface area contributed by atoms with Crippen LogP contribution in [-0.2, 0) is 4.79 Å². The number of carbonyl (C=O) groups is 1. The van der Waals surface area contributed by atoms with Crippen molar-refractivity contribution < 1.29 is 9.90 Å². The molecule has 0 atom stereocenters. The Morgan fingerprint density at radius 2 is 1.94 bits per heavy atom. The molecule has 84 valence electrons. The van der Waals surface area contributed by atoms with Gasteiger partial charge in [-0.3, -0.25) is 0 Å². The molecule has 1 N–H and O–H groups in total. The van der Waals surface area contributed by atoms with Crippen LogP contribution in [0.3, 0.4) is 0 Å². The van der Waals surface area contributed by atoms with Gasteiger partial charge in [-0.15, -0.1) is 0 Å². The number of rotatable bonds is 1. The van der Waals surface area contributed by atoms with E-state index in [4.69, 9.17) is 0 Å². The standard InChI is InChI=1S/C15H12O2/c16-15(17)13-9-8-11-5-2-1-4-10-6-3-7-12(13)14(10)11/h1-7H,8-9H2,(H,16,17). The Hall–Kier alpha value is -2.09. The average Bonchev–Trinajstić information content (AvgIpc) is 2.54. The van der Waals surface area contributed by atoms with Gasteiger partial charge in [0.1, 0.15) is 0 Å². The number of aliphatic carboxylic acids is 1. The Morgan fingerprint density at radius 3 is 2.76 bits per heavy atom. The van der Waals surface area contributed by atoms with Crippen molar-refractivity contribution in [3.63, 3.8) is 0 Å². The van der Waals surface area contributed by atoms with E-state index in [1.165, 1.54) is 5.57 Å². The second-order valence-corrected chi connectivity index (χ2v) is 4.30. The molecule has 0 aliphatic heterocycles. The molecular weight excluding hydrogens is 212 g/mol. The third-order valence-corrected chi connectivity index (χ3v) is 3.33. The molecule has 2 nitrogen and oxygen atoms in total. The van der Waals surface area contributed by atoms with Gasteiger partial charge >= 0.3 is 5.97 Å². The van der Waals surface area contributed by atoms with Gasteiger partial charge in [0.25, 0.3) is 0 Å². The maximum atomic E-state index is 11.2. The zero-order valence-corrected chi connectivity index (χ0v) is 9.31. The Labute approximate surface area is 98.9 Å². The van der Waals surface area contributed by atoms with Crippen LogP contribution in [0.15, 0.2) is 36.4 Å². The molecule has 0 aromatic heterocycles. The lowest BCUT2D eigenvalue weighted by Crippen LogP contribution is -2.35. The largest absolute Gasteiger partial charge is 0.478 e. The van der Waals surface area contributed by atoms with Crippen molar-refractivity contribution in [2.75, 3.05) is 0 Å². The minimum absolute atomic E-state index is 0.536. The lowest BCUT2D eigenvalue weighted by Gasteiger charge is -2.13. The average molecular weight is 224 g/mol. The van der Waals surface area contributed by atoms with Crippen LogP contribution in [0.25, 0.3) is 17.2 Å². The minimum atomic E-state index is -0.797. The monoisotopic (exact) mass is 224 g/mol. The van der Waals surface area contributed by atoms with E-state index < -0.39 is 5.97 Å². The van der Waals surface area contributed by atoms with Crippen molar-refractivity contribution in [2.45, 2.75) is 12.8 Å². The van der Waals surface area contributed by atoms with Crippen LogP contribution in [0, 0.1) is 0 Å². The van der Waals surface area contributed by atoms with Crippen molar-refractivity contribution >= 4 is 23.2 Å². The zero-order chi connectivity index (χ0) is 11.8. The van der Waals surface area contributed by atoms with Gasteiger partial charge in [0, 0.05) is 5.57 Å². The highest BCUT2D eigenvalue weighted by molar-refractivity contribution is 6.09. The van der Waals surface area contributed by atoms with Crippen molar-refractivity contribution in [3.8, 4) is 0 Å². The third kappa shape index (κ3) is 1.53. The van der Waals surface area contributed by atoms with E-state index in [9.17, 15) is 9.90 Å². The van der Waals surface area contributed by atoms with Gasteiger partial charge in [-0.1, -0.05) is 42.5 Å². The lowest BCUT2D eigenvalue weighted by atomic mass is 9.91. The van der Waals surface area contributed by atoms with E-state index in [0.717, 1.165) is 22.4 Å². The molecule has 2 aliphatic carbocycles. The van der Waals surface area contributed by atoms with Gasteiger partial charge in [0.05, 0.1) is 0 Å². The third-order valence-electron chi connectivity index (χ3n) is 3.33. The van der Waals surface area contributed by atoms with E-state index in [-0.39, 0.29) is 0 Å². The summed E-state index contributed by atoms with van der Waals surface area (Å²) in [5.41, 5.74) is 2.89. The maximum absolute atomic E-state index is 11.2. The van der Waals surface area contributed by atoms with Crippen LogP contribution in [0.4, 0.5) is 0 Å². The summed E-state index contributed by atoms with van der Waals surface area (Å²) in [4.78, 5) is 11.2. The number of allylic oxidation sites excluding steroid dienone is 3. The Kier molecular flexibility index (Phi) is 2.22. The number of benzene rings is 1. The van der Waals surface area contributed by atoms with Gasteiger partial charge < -0.3 is 5.11 Å². The van der Waals surface area contributed by atoms with Gasteiger partial charge in [0.15, 0.2) is 0 Å².